The van der Waals surface area contributed by atoms with Gasteiger partial charge in [0.05, 0.1) is 11.7 Å². The second-order valence-corrected chi connectivity index (χ2v) is 3.83. The Kier molecular flexibility index (Phi) is 3.48. The van der Waals surface area contributed by atoms with Crippen LogP contribution < -0.4 is 5.73 Å². The molecule has 3 heteroatoms. The molecule has 3 nitrogen and oxygen atoms in total. The van der Waals surface area contributed by atoms with Crippen LogP contribution in [-0.4, -0.2) is 5.16 Å². The molecule has 0 aliphatic carbocycles. The van der Waals surface area contributed by atoms with Crippen LogP contribution in [0.4, 0.5) is 0 Å². The molecule has 1 aromatic rings. The molecule has 0 aromatic carbocycles. The summed E-state index contributed by atoms with van der Waals surface area (Å²) in [4.78, 5) is 0. The van der Waals surface area contributed by atoms with Crippen molar-refractivity contribution in [2.75, 3.05) is 0 Å². The Balaban J connectivity index is 2.63. The van der Waals surface area contributed by atoms with E-state index in [2.05, 4.69) is 19.0 Å². The Morgan fingerprint density at radius 3 is 2.77 bits per heavy atom. The molecule has 13 heavy (non-hydrogen) atoms. The number of nitrogens with two attached hydrogens (primary N) is 1. The number of hydrogen-bond donors (Lipinski definition) is 1. The first kappa shape index (κ1) is 10.3. The van der Waals surface area contributed by atoms with Gasteiger partial charge in [-0.15, -0.1) is 0 Å². The highest BCUT2D eigenvalue weighted by Crippen LogP contribution is 2.16. The Bertz CT molecular complexity index is 255. The maximum absolute atomic E-state index is 5.80. The van der Waals surface area contributed by atoms with Crippen molar-refractivity contribution in [1.82, 2.24) is 5.16 Å². The molecule has 2 N–H and O–H groups in total. The molecule has 0 fully saturated rings. The van der Waals surface area contributed by atoms with Crippen molar-refractivity contribution in [1.29, 1.82) is 0 Å². The third-order valence-electron chi connectivity index (χ3n) is 2.00. The first-order chi connectivity index (χ1) is 6.13. The first-order valence-corrected chi connectivity index (χ1v) is 4.84. The van der Waals surface area contributed by atoms with Gasteiger partial charge in [-0.2, -0.15) is 0 Å². The Morgan fingerprint density at radius 1 is 1.54 bits per heavy atom. The van der Waals surface area contributed by atoms with Crippen LogP contribution in [0.15, 0.2) is 10.6 Å². The molecule has 1 heterocycles. The topological polar surface area (TPSA) is 52.0 Å². The lowest BCUT2D eigenvalue weighted by Gasteiger charge is -2.00. The van der Waals surface area contributed by atoms with Gasteiger partial charge in [0, 0.05) is 6.07 Å². The molecule has 0 saturated heterocycles. The summed E-state index contributed by atoms with van der Waals surface area (Å²) in [6.45, 7) is 6.36. The van der Waals surface area contributed by atoms with E-state index in [1.54, 1.807) is 0 Å². The van der Waals surface area contributed by atoms with Gasteiger partial charge in [-0.25, -0.2) is 0 Å². The van der Waals surface area contributed by atoms with Crippen molar-refractivity contribution in [3.63, 3.8) is 0 Å². The number of hydrogen-bond acceptors (Lipinski definition) is 3. The number of rotatable bonds is 4. The van der Waals surface area contributed by atoms with E-state index in [9.17, 15) is 0 Å². The minimum absolute atomic E-state index is 0.00610. The van der Waals surface area contributed by atoms with Crippen LogP contribution >= 0.6 is 0 Å². The molecule has 0 radical (unpaired) electrons. The van der Waals surface area contributed by atoms with Gasteiger partial charge in [0.25, 0.3) is 0 Å². The monoisotopic (exact) mass is 182 g/mol. The minimum atomic E-state index is -0.00610. The van der Waals surface area contributed by atoms with E-state index in [1.807, 2.05) is 13.0 Å². The number of aromatic nitrogens is 1. The van der Waals surface area contributed by atoms with Crippen molar-refractivity contribution in [2.45, 2.75) is 39.7 Å². The van der Waals surface area contributed by atoms with Crippen molar-refractivity contribution >= 4 is 0 Å². The summed E-state index contributed by atoms with van der Waals surface area (Å²) >= 11 is 0. The van der Waals surface area contributed by atoms with Crippen molar-refractivity contribution < 1.29 is 4.52 Å². The summed E-state index contributed by atoms with van der Waals surface area (Å²) in [6, 6.07) is 1.96. The quantitative estimate of drug-likeness (QED) is 0.777. The SMILES string of the molecule is CCC(N)c1cc(CC(C)C)no1. The van der Waals surface area contributed by atoms with Gasteiger partial charge in [0.15, 0.2) is 5.76 Å². The zero-order chi connectivity index (χ0) is 9.84. The molecule has 0 amide bonds. The molecule has 0 aliphatic rings. The van der Waals surface area contributed by atoms with Crippen molar-refractivity contribution in [3.8, 4) is 0 Å². The zero-order valence-corrected chi connectivity index (χ0v) is 8.58. The smallest absolute Gasteiger partial charge is 0.153 e. The van der Waals surface area contributed by atoms with Crippen LogP contribution in [-0.2, 0) is 6.42 Å². The van der Waals surface area contributed by atoms with Crippen LogP contribution in [0.1, 0.15) is 44.7 Å². The fourth-order valence-corrected chi connectivity index (χ4v) is 1.22. The largest absolute Gasteiger partial charge is 0.359 e. The summed E-state index contributed by atoms with van der Waals surface area (Å²) in [5.41, 5.74) is 6.81. The predicted octanol–water partition coefficient (Wildman–Crippen LogP) is 2.28. The van der Waals surface area contributed by atoms with Gasteiger partial charge in [0.2, 0.25) is 0 Å². The first-order valence-electron chi connectivity index (χ1n) is 4.84. The van der Waals surface area contributed by atoms with Gasteiger partial charge in [-0.1, -0.05) is 25.9 Å². The normalized spacial score (nSPS) is 13.6. The molecule has 1 rings (SSSR count). The van der Waals surface area contributed by atoms with Crippen LogP contribution in [0.2, 0.25) is 0 Å². The lowest BCUT2D eigenvalue weighted by atomic mass is 10.1. The Hall–Kier alpha value is -0.830. The molecule has 0 bridgehead atoms. The maximum Gasteiger partial charge on any atom is 0.153 e. The molecule has 0 aliphatic heterocycles. The fourth-order valence-electron chi connectivity index (χ4n) is 1.22. The third-order valence-corrected chi connectivity index (χ3v) is 2.00. The standard InChI is InChI=1S/C10H18N2O/c1-4-9(11)10-6-8(12-13-10)5-7(2)3/h6-7,9H,4-5,11H2,1-3H3. The molecule has 74 valence electrons. The molecule has 1 aromatic heterocycles. The summed E-state index contributed by atoms with van der Waals surface area (Å²) in [5, 5.41) is 3.97. The minimum Gasteiger partial charge on any atom is -0.359 e. The maximum atomic E-state index is 5.80. The summed E-state index contributed by atoms with van der Waals surface area (Å²) in [5.74, 6) is 1.41. The van der Waals surface area contributed by atoms with E-state index in [0.717, 1.165) is 24.3 Å². The summed E-state index contributed by atoms with van der Waals surface area (Å²) in [6.07, 6.45) is 1.84. The lowest BCUT2D eigenvalue weighted by molar-refractivity contribution is 0.352. The van der Waals surface area contributed by atoms with E-state index < -0.39 is 0 Å². The summed E-state index contributed by atoms with van der Waals surface area (Å²) < 4.78 is 5.14. The second-order valence-electron chi connectivity index (χ2n) is 3.83. The second kappa shape index (κ2) is 4.42. The Labute approximate surface area is 79.3 Å². The van der Waals surface area contributed by atoms with Crippen molar-refractivity contribution in [2.24, 2.45) is 11.7 Å². The lowest BCUT2D eigenvalue weighted by Crippen LogP contribution is -2.07. The van der Waals surface area contributed by atoms with Crippen LogP contribution in [0.3, 0.4) is 0 Å². The van der Waals surface area contributed by atoms with Crippen molar-refractivity contribution in [3.05, 3.63) is 17.5 Å². The van der Waals surface area contributed by atoms with Gasteiger partial charge in [0.1, 0.15) is 0 Å². The highest BCUT2D eigenvalue weighted by atomic mass is 16.5. The van der Waals surface area contributed by atoms with Crippen LogP contribution in [0.25, 0.3) is 0 Å². The van der Waals surface area contributed by atoms with E-state index in [4.69, 9.17) is 10.3 Å². The molecule has 1 atom stereocenters. The highest BCUT2D eigenvalue weighted by molar-refractivity contribution is 5.09. The molecular formula is C10H18N2O. The van der Waals surface area contributed by atoms with Gasteiger partial charge >= 0.3 is 0 Å². The van der Waals surface area contributed by atoms with E-state index >= 15 is 0 Å². The zero-order valence-electron chi connectivity index (χ0n) is 8.58. The average Bonchev–Trinajstić information content (AvgIpc) is 2.50. The van der Waals surface area contributed by atoms with Gasteiger partial charge < -0.3 is 10.3 Å². The van der Waals surface area contributed by atoms with Crippen LogP contribution in [0.5, 0.6) is 0 Å². The summed E-state index contributed by atoms with van der Waals surface area (Å²) in [7, 11) is 0. The third kappa shape index (κ3) is 2.84. The Morgan fingerprint density at radius 2 is 2.23 bits per heavy atom. The number of nitrogens with zero attached hydrogens (tertiary/aromatic N) is 1. The van der Waals surface area contributed by atoms with Gasteiger partial charge in [-0.05, 0) is 18.8 Å². The predicted molar refractivity (Wildman–Crippen MR) is 52.3 cm³/mol. The molecule has 0 spiro atoms. The average molecular weight is 182 g/mol. The molecule has 1 unspecified atom stereocenters. The van der Waals surface area contributed by atoms with E-state index in [0.29, 0.717) is 5.92 Å². The van der Waals surface area contributed by atoms with E-state index in [1.165, 1.54) is 0 Å². The van der Waals surface area contributed by atoms with Gasteiger partial charge in [-0.3, -0.25) is 0 Å². The highest BCUT2D eigenvalue weighted by Gasteiger charge is 2.11. The molecule has 0 saturated carbocycles. The fraction of sp³-hybridized carbons (Fsp3) is 0.700. The van der Waals surface area contributed by atoms with Crippen LogP contribution in [0, 0.1) is 5.92 Å². The molecular weight excluding hydrogens is 164 g/mol. The van der Waals surface area contributed by atoms with E-state index in [-0.39, 0.29) is 6.04 Å².